The molecule has 1 aromatic heterocycles. The molecule has 0 bridgehead atoms. The Labute approximate surface area is 133 Å². The number of nitrogens with two attached hydrogens (primary N) is 2. The Morgan fingerprint density at radius 2 is 1.61 bits per heavy atom. The number of rotatable bonds is 4. The quantitative estimate of drug-likeness (QED) is 0.500. The Morgan fingerprint density at radius 1 is 0.913 bits per heavy atom. The van der Waals surface area contributed by atoms with E-state index < -0.39 is 0 Å². The fourth-order valence-corrected chi connectivity index (χ4v) is 2.45. The number of fused-ring (bicyclic) bond motifs is 1. The third-order valence-corrected chi connectivity index (χ3v) is 3.57. The Kier molecular flexibility index (Phi) is 3.86. The lowest BCUT2D eigenvalue weighted by Gasteiger charge is -2.11. The number of hydrazine groups is 1. The third-order valence-electron chi connectivity index (χ3n) is 3.57. The molecule has 0 radical (unpaired) electrons. The summed E-state index contributed by atoms with van der Waals surface area (Å²) in [6.45, 7) is 0. The molecule has 118 valence electrons. The Hall–Kier alpha value is -3.06. The Balaban J connectivity index is 2.15. The first kappa shape index (κ1) is 14.9. The summed E-state index contributed by atoms with van der Waals surface area (Å²) in [5, 5.41) is 0.786. The summed E-state index contributed by atoms with van der Waals surface area (Å²) in [5.41, 5.74) is 10.9. The maximum Gasteiger partial charge on any atom is 0.222 e. The lowest BCUT2D eigenvalue weighted by atomic mass is 10.0. The molecule has 0 fully saturated rings. The zero-order valence-electron chi connectivity index (χ0n) is 12.8. The summed E-state index contributed by atoms with van der Waals surface area (Å²) < 4.78 is 10.6. The molecule has 0 atom stereocenters. The van der Waals surface area contributed by atoms with E-state index in [2.05, 4.69) is 15.4 Å². The van der Waals surface area contributed by atoms with Crippen molar-refractivity contribution in [3.8, 4) is 22.6 Å². The van der Waals surface area contributed by atoms with Crippen LogP contribution < -0.4 is 26.5 Å². The monoisotopic (exact) mass is 311 g/mol. The number of aromatic nitrogens is 2. The van der Waals surface area contributed by atoms with Gasteiger partial charge in [0.05, 0.1) is 19.7 Å². The first-order valence-corrected chi connectivity index (χ1v) is 6.92. The molecule has 0 spiro atoms. The van der Waals surface area contributed by atoms with Crippen molar-refractivity contribution >= 4 is 22.7 Å². The van der Waals surface area contributed by atoms with Gasteiger partial charge < -0.3 is 20.6 Å². The molecule has 2 aromatic carbocycles. The average Bonchev–Trinajstić information content (AvgIpc) is 2.59. The minimum absolute atomic E-state index is 0.171. The highest BCUT2D eigenvalue weighted by Crippen LogP contribution is 2.34. The van der Waals surface area contributed by atoms with E-state index in [1.807, 2.05) is 36.4 Å². The third kappa shape index (κ3) is 2.69. The lowest BCUT2D eigenvalue weighted by Crippen LogP contribution is -2.11. The second-order valence-corrected chi connectivity index (χ2v) is 4.88. The van der Waals surface area contributed by atoms with Crippen LogP contribution in [0.1, 0.15) is 0 Å². The molecule has 3 aromatic rings. The van der Waals surface area contributed by atoms with Gasteiger partial charge in [-0.25, -0.2) is 10.8 Å². The van der Waals surface area contributed by atoms with Crippen LogP contribution in [-0.2, 0) is 0 Å². The molecule has 7 heteroatoms. The molecular weight excluding hydrogens is 294 g/mol. The van der Waals surface area contributed by atoms with Gasteiger partial charge in [0, 0.05) is 5.39 Å². The summed E-state index contributed by atoms with van der Waals surface area (Å²) in [4.78, 5) is 8.31. The number of hydrogen-bond acceptors (Lipinski definition) is 7. The van der Waals surface area contributed by atoms with Crippen molar-refractivity contribution < 1.29 is 9.47 Å². The molecule has 0 unspecified atom stereocenters. The number of nitrogen functional groups attached to an aromatic ring is 2. The van der Waals surface area contributed by atoms with Crippen LogP contribution in [0.4, 0.5) is 11.8 Å². The van der Waals surface area contributed by atoms with Crippen LogP contribution in [0.5, 0.6) is 11.5 Å². The highest BCUT2D eigenvalue weighted by Gasteiger charge is 2.10. The molecule has 0 saturated carbocycles. The molecular formula is C16H17N5O2. The summed E-state index contributed by atoms with van der Waals surface area (Å²) in [6.07, 6.45) is 0. The number of nitrogens with one attached hydrogen (secondary N) is 1. The largest absolute Gasteiger partial charge is 0.493 e. The van der Waals surface area contributed by atoms with Crippen LogP contribution in [0.2, 0.25) is 0 Å². The molecule has 0 aliphatic rings. The van der Waals surface area contributed by atoms with Crippen molar-refractivity contribution in [1.29, 1.82) is 0 Å². The first-order valence-electron chi connectivity index (χ1n) is 6.92. The van der Waals surface area contributed by atoms with Crippen molar-refractivity contribution in [2.45, 2.75) is 0 Å². The fraction of sp³-hybridized carbons (Fsp3) is 0.125. The van der Waals surface area contributed by atoms with Crippen LogP contribution in [0.3, 0.4) is 0 Å². The molecule has 3 rings (SSSR count). The van der Waals surface area contributed by atoms with Crippen LogP contribution >= 0.6 is 0 Å². The van der Waals surface area contributed by atoms with E-state index in [1.54, 1.807) is 14.2 Å². The van der Waals surface area contributed by atoms with Crippen LogP contribution in [0.15, 0.2) is 36.4 Å². The molecule has 5 N–H and O–H groups in total. The molecule has 0 aliphatic heterocycles. The van der Waals surface area contributed by atoms with Gasteiger partial charge in [0.1, 0.15) is 0 Å². The van der Waals surface area contributed by atoms with Gasteiger partial charge in [0.2, 0.25) is 5.95 Å². The van der Waals surface area contributed by atoms with Crippen molar-refractivity contribution in [3.05, 3.63) is 36.4 Å². The number of hydrogen-bond donors (Lipinski definition) is 3. The SMILES string of the molecule is COc1ccc(-c2ccc3nc(N)nc(NN)c3c2)cc1OC. The van der Waals surface area contributed by atoms with Crippen molar-refractivity contribution in [2.24, 2.45) is 5.84 Å². The number of nitrogens with zero attached hydrogens (tertiary/aromatic N) is 2. The highest BCUT2D eigenvalue weighted by molar-refractivity contribution is 5.93. The van der Waals surface area contributed by atoms with Crippen LogP contribution in [0.25, 0.3) is 22.0 Å². The molecule has 23 heavy (non-hydrogen) atoms. The van der Waals surface area contributed by atoms with E-state index in [1.165, 1.54) is 0 Å². The minimum atomic E-state index is 0.171. The molecule has 0 amide bonds. The molecule has 0 saturated heterocycles. The Bertz CT molecular complexity index is 866. The number of benzene rings is 2. The molecule has 7 nitrogen and oxygen atoms in total. The van der Waals surface area contributed by atoms with E-state index in [-0.39, 0.29) is 5.95 Å². The van der Waals surface area contributed by atoms with Crippen molar-refractivity contribution in [2.75, 3.05) is 25.4 Å². The second-order valence-electron chi connectivity index (χ2n) is 4.88. The van der Waals surface area contributed by atoms with Gasteiger partial charge in [-0.2, -0.15) is 4.98 Å². The molecule has 1 heterocycles. The summed E-state index contributed by atoms with van der Waals surface area (Å²) in [7, 11) is 3.21. The van der Waals surface area contributed by atoms with E-state index >= 15 is 0 Å². The zero-order valence-corrected chi connectivity index (χ0v) is 12.8. The average molecular weight is 311 g/mol. The number of anilines is 2. The van der Waals surface area contributed by atoms with Gasteiger partial charge >= 0.3 is 0 Å². The highest BCUT2D eigenvalue weighted by atomic mass is 16.5. The van der Waals surface area contributed by atoms with E-state index in [0.29, 0.717) is 17.3 Å². The smallest absolute Gasteiger partial charge is 0.222 e. The summed E-state index contributed by atoms with van der Waals surface area (Å²) in [6, 6.07) is 11.5. The predicted molar refractivity (Wildman–Crippen MR) is 90.3 cm³/mol. The van der Waals surface area contributed by atoms with Gasteiger partial charge in [0.25, 0.3) is 0 Å². The Morgan fingerprint density at radius 3 is 2.30 bits per heavy atom. The van der Waals surface area contributed by atoms with Crippen LogP contribution in [0, 0.1) is 0 Å². The van der Waals surface area contributed by atoms with Gasteiger partial charge in [-0.15, -0.1) is 0 Å². The van der Waals surface area contributed by atoms with E-state index in [9.17, 15) is 0 Å². The first-order chi connectivity index (χ1) is 11.2. The maximum atomic E-state index is 5.67. The predicted octanol–water partition coefficient (Wildman–Crippen LogP) is 2.18. The second kappa shape index (κ2) is 5.98. The van der Waals surface area contributed by atoms with Gasteiger partial charge in [-0.1, -0.05) is 12.1 Å². The topological polar surface area (TPSA) is 108 Å². The summed E-state index contributed by atoms with van der Waals surface area (Å²) >= 11 is 0. The van der Waals surface area contributed by atoms with Crippen LogP contribution in [-0.4, -0.2) is 24.2 Å². The summed E-state index contributed by atoms with van der Waals surface area (Å²) in [5.74, 6) is 7.52. The van der Waals surface area contributed by atoms with Crippen molar-refractivity contribution in [1.82, 2.24) is 9.97 Å². The van der Waals surface area contributed by atoms with E-state index in [0.717, 1.165) is 22.0 Å². The minimum Gasteiger partial charge on any atom is -0.493 e. The van der Waals surface area contributed by atoms with Gasteiger partial charge in [-0.05, 0) is 35.4 Å². The molecule has 0 aliphatic carbocycles. The lowest BCUT2D eigenvalue weighted by molar-refractivity contribution is 0.355. The van der Waals surface area contributed by atoms with Crippen molar-refractivity contribution in [3.63, 3.8) is 0 Å². The van der Waals surface area contributed by atoms with Gasteiger partial charge in [-0.3, -0.25) is 0 Å². The van der Waals surface area contributed by atoms with E-state index in [4.69, 9.17) is 21.1 Å². The standard InChI is InChI=1S/C16H17N5O2/c1-22-13-6-4-10(8-14(13)23-2)9-3-5-12-11(7-9)15(21-18)20-16(17)19-12/h3-8H,18H2,1-2H3,(H3,17,19,20,21). The van der Waals surface area contributed by atoms with Gasteiger partial charge in [0.15, 0.2) is 17.3 Å². The normalized spacial score (nSPS) is 10.6. The number of methoxy groups -OCH3 is 2. The number of ether oxygens (including phenoxy) is 2. The maximum absolute atomic E-state index is 5.67. The zero-order chi connectivity index (χ0) is 16.4. The fourth-order valence-electron chi connectivity index (χ4n) is 2.45.